The van der Waals surface area contributed by atoms with Crippen molar-refractivity contribution in [2.45, 2.75) is 17.4 Å². The highest BCUT2D eigenvalue weighted by molar-refractivity contribution is 7.98. The topological polar surface area (TPSA) is 29.5 Å². The van der Waals surface area contributed by atoms with Gasteiger partial charge in [0.1, 0.15) is 5.75 Å². The van der Waals surface area contributed by atoms with Gasteiger partial charge >= 0.3 is 0 Å². The molecule has 0 amide bonds. The first-order chi connectivity index (χ1) is 9.24. The number of rotatable bonds is 5. The van der Waals surface area contributed by atoms with Gasteiger partial charge in [-0.05, 0) is 35.6 Å². The Labute approximate surface area is 118 Å². The molecule has 1 N–H and O–H groups in total. The molecule has 0 bridgehead atoms. The molecule has 0 fully saturated rings. The normalized spacial score (nSPS) is 12.2. The van der Waals surface area contributed by atoms with Crippen LogP contribution in [0.2, 0.25) is 0 Å². The number of aliphatic hydroxyl groups is 1. The van der Waals surface area contributed by atoms with Crippen LogP contribution in [0.1, 0.15) is 17.2 Å². The average Bonchev–Trinajstić information content (AvgIpc) is 2.48. The maximum absolute atomic E-state index is 10.3. The lowest BCUT2D eigenvalue weighted by Crippen LogP contribution is -2.03. The summed E-state index contributed by atoms with van der Waals surface area (Å²) in [4.78, 5) is 1.20. The van der Waals surface area contributed by atoms with Crippen molar-refractivity contribution < 1.29 is 9.84 Å². The van der Waals surface area contributed by atoms with Gasteiger partial charge in [-0.25, -0.2) is 0 Å². The molecule has 2 nitrogen and oxygen atoms in total. The molecule has 1 unspecified atom stereocenters. The van der Waals surface area contributed by atoms with Crippen LogP contribution in [0.15, 0.2) is 53.4 Å². The van der Waals surface area contributed by atoms with Crippen LogP contribution in [0.5, 0.6) is 5.75 Å². The van der Waals surface area contributed by atoms with Crippen LogP contribution in [0, 0.1) is 0 Å². The predicted octanol–water partition coefficient (Wildman–Crippen LogP) is 3.69. The molecule has 19 heavy (non-hydrogen) atoms. The van der Waals surface area contributed by atoms with E-state index in [9.17, 15) is 5.11 Å². The summed E-state index contributed by atoms with van der Waals surface area (Å²) in [5.74, 6) is 0.822. The summed E-state index contributed by atoms with van der Waals surface area (Å²) in [6, 6.07) is 15.8. The van der Waals surface area contributed by atoms with E-state index in [-0.39, 0.29) is 0 Å². The minimum atomic E-state index is -0.507. The molecular formula is C16H18O2S. The van der Waals surface area contributed by atoms with E-state index in [0.29, 0.717) is 6.42 Å². The molecule has 0 aliphatic carbocycles. The number of aliphatic hydroxyl groups excluding tert-OH is 1. The summed E-state index contributed by atoms with van der Waals surface area (Å²) in [5.41, 5.74) is 1.95. The summed E-state index contributed by atoms with van der Waals surface area (Å²) in [6.45, 7) is 0. The fourth-order valence-electron chi connectivity index (χ4n) is 2.02. The quantitative estimate of drug-likeness (QED) is 0.843. The van der Waals surface area contributed by atoms with Crippen molar-refractivity contribution in [2.24, 2.45) is 0 Å². The third-order valence-corrected chi connectivity index (χ3v) is 3.85. The maximum atomic E-state index is 10.3. The first kappa shape index (κ1) is 14.0. The number of ether oxygens (including phenoxy) is 1. The number of benzene rings is 2. The first-order valence-electron chi connectivity index (χ1n) is 6.18. The van der Waals surface area contributed by atoms with Gasteiger partial charge in [0.25, 0.3) is 0 Å². The molecule has 0 radical (unpaired) electrons. The fraction of sp³-hybridized carbons (Fsp3) is 0.250. The van der Waals surface area contributed by atoms with E-state index in [1.807, 2.05) is 54.8 Å². The Kier molecular flexibility index (Phi) is 4.88. The van der Waals surface area contributed by atoms with Crippen molar-refractivity contribution in [1.82, 2.24) is 0 Å². The molecule has 3 heteroatoms. The van der Waals surface area contributed by atoms with Crippen molar-refractivity contribution in [3.63, 3.8) is 0 Å². The van der Waals surface area contributed by atoms with Gasteiger partial charge in [-0.1, -0.05) is 30.3 Å². The van der Waals surface area contributed by atoms with E-state index in [1.165, 1.54) is 4.90 Å². The van der Waals surface area contributed by atoms with E-state index in [2.05, 4.69) is 0 Å². The summed E-state index contributed by atoms with van der Waals surface area (Å²) in [6.07, 6.45) is 2.09. The number of thioether (sulfide) groups is 1. The van der Waals surface area contributed by atoms with Gasteiger partial charge in [-0.2, -0.15) is 0 Å². The van der Waals surface area contributed by atoms with Gasteiger partial charge in [0.05, 0.1) is 13.2 Å². The van der Waals surface area contributed by atoms with Gasteiger partial charge < -0.3 is 9.84 Å². The van der Waals surface area contributed by atoms with E-state index < -0.39 is 6.10 Å². The lowest BCUT2D eigenvalue weighted by Gasteiger charge is -2.14. The van der Waals surface area contributed by atoms with E-state index >= 15 is 0 Å². The standard InChI is InChI=1S/C16H18O2S/c1-18-16-6-4-3-5-13(16)11-15(17)12-7-9-14(19-2)10-8-12/h3-10,15,17H,11H2,1-2H3. The van der Waals surface area contributed by atoms with Gasteiger partial charge in [-0.3, -0.25) is 0 Å². The summed E-state index contributed by atoms with van der Waals surface area (Å²) >= 11 is 1.70. The van der Waals surface area contributed by atoms with Gasteiger partial charge in [0, 0.05) is 11.3 Å². The minimum Gasteiger partial charge on any atom is -0.496 e. The fourth-order valence-corrected chi connectivity index (χ4v) is 2.43. The van der Waals surface area contributed by atoms with Crippen molar-refractivity contribution in [3.8, 4) is 5.75 Å². The Balaban J connectivity index is 2.13. The lowest BCUT2D eigenvalue weighted by atomic mass is 10.0. The molecule has 0 saturated heterocycles. The molecule has 0 heterocycles. The van der Waals surface area contributed by atoms with E-state index in [1.54, 1.807) is 18.9 Å². The SMILES string of the molecule is COc1ccccc1CC(O)c1ccc(SC)cc1. The molecule has 0 saturated carbocycles. The third-order valence-electron chi connectivity index (χ3n) is 3.11. The van der Waals surface area contributed by atoms with E-state index in [4.69, 9.17) is 4.74 Å². The monoisotopic (exact) mass is 274 g/mol. The van der Waals surface area contributed by atoms with Crippen LogP contribution in [0.3, 0.4) is 0 Å². The van der Waals surface area contributed by atoms with Gasteiger partial charge in [-0.15, -0.1) is 11.8 Å². The van der Waals surface area contributed by atoms with Gasteiger partial charge in [0.15, 0.2) is 0 Å². The van der Waals surface area contributed by atoms with Crippen LogP contribution in [-0.2, 0) is 6.42 Å². The number of hydrogen-bond donors (Lipinski definition) is 1. The summed E-state index contributed by atoms with van der Waals surface area (Å²) in [5, 5.41) is 10.3. The minimum absolute atomic E-state index is 0.507. The van der Waals surface area contributed by atoms with Crippen LogP contribution >= 0.6 is 11.8 Å². The van der Waals surface area contributed by atoms with Crippen LogP contribution < -0.4 is 4.74 Å². The zero-order chi connectivity index (χ0) is 13.7. The largest absolute Gasteiger partial charge is 0.496 e. The molecule has 0 aliphatic heterocycles. The average molecular weight is 274 g/mol. The van der Waals surface area contributed by atoms with Crippen molar-refractivity contribution in [1.29, 1.82) is 0 Å². The molecule has 2 rings (SSSR count). The predicted molar refractivity (Wildman–Crippen MR) is 79.9 cm³/mol. The highest BCUT2D eigenvalue weighted by Gasteiger charge is 2.11. The lowest BCUT2D eigenvalue weighted by molar-refractivity contribution is 0.177. The van der Waals surface area contributed by atoms with Crippen LogP contribution in [0.4, 0.5) is 0 Å². The number of para-hydroxylation sites is 1. The second kappa shape index (κ2) is 6.64. The second-order valence-corrected chi connectivity index (χ2v) is 5.18. The van der Waals surface area contributed by atoms with Crippen LogP contribution in [0.25, 0.3) is 0 Å². The zero-order valence-corrected chi connectivity index (χ0v) is 12.0. The highest BCUT2D eigenvalue weighted by atomic mass is 32.2. The number of methoxy groups -OCH3 is 1. The Hall–Kier alpha value is -1.45. The molecule has 2 aromatic carbocycles. The smallest absolute Gasteiger partial charge is 0.122 e. The van der Waals surface area contributed by atoms with Gasteiger partial charge in [0.2, 0.25) is 0 Å². The van der Waals surface area contributed by atoms with Crippen molar-refractivity contribution in [2.75, 3.05) is 13.4 Å². The first-order valence-corrected chi connectivity index (χ1v) is 7.41. The van der Waals surface area contributed by atoms with Crippen LogP contribution in [-0.4, -0.2) is 18.5 Å². The molecule has 0 aromatic heterocycles. The third kappa shape index (κ3) is 3.52. The molecule has 0 aliphatic rings. The summed E-state index contributed by atoms with van der Waals surface area (Å²) in [7, 11) is 1.65. The second-order valence-electron chi connectivity index (χ2n) is 4.30. The number of hydrogen-bond acceptors (Lipinski definition) is 3. The summed E-state index contributed by atoms with van der Waals surface area (Å²) < 4.78 is 5.30. The molecule has 0 spiro atoms. The zero-order valence-electron chi connectivity index (χ0n) is 11.2. The Bertz CT molecular complexity index is 523. The van der Waals surface area contributed by atoms with Crippen molar-refractivity contribution in [3.05, 3.63) is 59.7 Å². The van der Waals surface area contributed by atoms with E-state index in [0.717, 1.165) is 16.9 Å². The Morgan fingerprint density at radius 3 is 2.42 bits per heavy atom. The Morgan fingerprint density at radius 1 is 1.11 bits per heavy atom. The molecule has 1 atom stereocenters. The molecule has 100 valence electrons. The highest BCUT2D eigenvalue weighted by Crippen LogP contribution is 2.26. The Morgan fingerprint density at radius 2 is 1.79 bits per heavy atom. The molecular weight excluding hydrogens is 256 g/mol. The molecule has 2 aromatic rings. The maximum Gasteiger partial charge on any atom is 0.122 e. The van der Waals surface area contributed by atoms with Crippen molar-refractivity contribution >= 4 is 11.8 Å².